The van der Waals surface area contributed by atoms with Crippen LogP contribution in [0.15, 0.2) is 162 Å². The molecule has 9 aromatic rings. The van der Waals surface area contributed by atoms with Crippen molar-refractivity contribution in [3.05, 3.63) is 158 Å². The molecule has 0 unspecified atom stereocenters. The summed E-state index contributed by atoms with van der Waals surface area (Å²) in [7, 11) is 0. The second kappa shape index (κ2) is 9.86. The van der Waals surface area contributed by atoms with Gasteiger partial charge >= 0.3 is 0 Å². The van der Waals surface area contributed by atoms with Crippen LogP contribution < -0.4 is 0 Å². The number of aromatic amines is 1. The molecule has 0 aliphatic carbocycles. The normalized spacial score (nSPS) is 11.6. The molecule has 2 heterocycles. The van der Waals surface area contributed by atoms with E-state index < -0.39 is 0 Å². The molecule has 2 heteroatoms. The van der Waals surface area contributed by atoms with E-state index in [1.165, 1.54) is 49.7 Å². The van der Waals surface area contributed by atoms with Gasteiger partial charge in [-0.25, -0.2) is 0 Å². The fourth-order valence-electron chi connectivity index (χ4n) is 6.63. The summed E-state index contributed by atoms with van der Waals surface area (Å²) in [6.45, 7) is 0. The highest BCUT2D eigenvalue weighted by Gasteiger charge is 2.14. The van der Waals surface area contributed by atoms with Crippen molar-refractivity contribution in [2.45, 2.75) is 0 Å². The number of para-hydroxylation sites is 2. The number of hydrogen-bond acceptors (Lipinski definition) is 1. The first-order valence-electron chi connectivity index (χ1n) is 15.0. The lowest BCUT2D eigenvalue weighted by molar-refractivity contribution is 0.669. The van der Waals surface area contributed by atoms with E-state index in [-0.39, 0.29) is 0 Å². The maximum Gasteiger partial charge on any atom is 0.136 e. The molecule has 9 rings (SSSR count). The Labute approximate surface area is 254 Å². The predicted molar refractivity (Wildman–Crippen MR) is 185 cm³/mol. The fourth-order valence-corrected chi connectivity index (χ4v) is 6.63. The second-order valence-corrected chi connectivity index (χ2v) is 11.5. The van der Waals surface area contributed by atoms with Crippen LogP contribution in [0.3, 0.4) is 0 Å². The van der Waals surface area contributed by atoms with Crippen LogP contribution in [-0.4, -0.2) is 4.98 Å². The van der Waals surface area contributed by atoms with Crippen LogP contribution in [0, 0.1) is 0 Å². The van der Waals surface area contributed by atoms with Gasteiger partial charge in [-0.2, -0.15) is 0 Å². The molecule has 206 valence electrons. The number of benzene rings is 7. The standard InChI is InChI=1S/C42H27NO/c1-2-10-27(11-3-1)33-24-37(42-38(25-33)34-16-4-6-18-39(34)43-42)32-15-9-14-30(23-32)28-12-8-13-29(22-28)31-20-21-36-35-17-5-7-19-40(35)44-41(36)26-31/h1-26,43H. The molecule has 0 atom stereocenters. The van der Waals surface area contributed by atoms with Gasteiger partial charge in [0.15, 0.2) is 0 Å². The van der Waals surface area contributed by atoms with Crippen molar-refractivity contribution in [3.8, 4) is 44.5 Å². The minimum absolute atomic E-state index is 0.914. The van der Waals surface area contributed by atoms with Crippen LogP contribution in [0.1, 0.15) is 0 Å². The van der Waals surface area contributed by atoms with Gasteiger partial charge in [0.1, 0.15) is 11.2 Å². The first-order valence-corrected chi connectivity index (χ1v) is 15.0. The van der Waals surface area contributed by atoms with Crippen LogP contribution in [0.4, 0.5) is 0 Å². The number of furan rings is 1. The molecule has 44 heavy (non-hydrogen) atoms. The van der Waals surface area contributed by atoms with Crippen LogP contribution in [-0.2, 0) is 0 Å². The van der Waals surface area contributed by atoms with Crippen molar-refractivity contribution in [3.63, 3.8) is 0 Å². The average Bonchev–Trinajstić information content (AvgIpc) is 3.66. The van der Waals surface area contributed by atoms with E-state index >= 15 is 0 Å². The van der Waals surface area contributed by atoms with E-state index in [1.807, 2.05) is 12.1 Å². The molecule has 0 amide bonds. The largest absolute Gasteiger partial charge is 0.456 e. The zero-order chi connectivity index (χ0) is 29.0. The third-order valence-corrected chi connectivity index (χ3v) is 8.80. The van der Waals surface area contributed by atoms with E-state index in [1.54, 1.807) is 0 Å². The van der Waals surface area contributed by atoms with Crippen molar-refractivity contribution >= 4 is 43.7 Å². The Bertz CT molecular complexity index is 2500. The zero-order valence-electron chi connectivity index (χ0n) is 23.9. The van der Waals surface area contributed by atoms with Crippen LogP contribution >= 0.6 is 0 Å². The van der Waals surface area contributed by atoms with Gasteiger partial charge in [-0.15, -0.1) is 0 Å². The Hall–Kier alpha value is -5.86. The first kappa shape index (κ1) is 24.7. The highest BCUT2D eigenvalue weighted by atomic mass is 16.3. The molecule has 0 saturated heterocycles. The Kier molecular flexibility index (Phi) is 5.54. The van der Waals surface area contributed by atoms with Crippen molar-refractivity contribution < 1.29 is 4.42 Å². The molecule has 0 spiro atoms. The van der Waals surface area contributed by atoms with Crippen molar-refractivity contribution in [2.24, 2.45) is 0 Å². The topological polar surface area (TPSA) is 28.9 Å². The molecule has 0 fully saturated rings. The smallest absolute Gasteiger partial charge is 0.136 e. The Morgan fingerprint density at radius 1 is 0.341 bits per heavy atom. The van der Waals surface area contributed by atoms with Crippen molar-refractivity contribution in [1.29, 1.82) is 0 Å². The Balaban J connectivity index is 1.17. The molecule has 1 N–H and O–H groups in total. The fraction of sp³-hybridized carbons (Fsp3) is 0. The van der Waals surface area contributed by atoms with Crippen LogP contribution in [0.25, 0.3) is 88.3 Å². The zero-order valence-corrected chi connectivity index (χ0v) is 23.9. The summed E-state index contributed by atoms with van der Waals surface area (Å²) in [5, 5.41) is 4.78. The van der Waals surface area contributed by atoms with E-state index in [2.05, 4.69) is 151 Å². The number of hydrogen-bond donors (Lipinski definition) is 1. The number of rotatable bonds is 4. The lowest BCUT2D eigenvalue weighted by Crippen LogP contribution is -1.87. The van der Waals surface area contributed by atoms with Gasteiger partial charge in [-0.05, 0) is 87.5 Å². The average molecular weight is 562 g/mol. The first-order chi connectivity index (χ1) is 21.8. The Morgan fingerprint density at radius 2 is 0.955 bits per heavy atom. The maximum absolute atomic E-state index is 6.19. The summed E-state index contributed by atoms with van der Waals surface area (Å²) in [6, 6.07) is 56.3. The molecule has 0 saturated carbocycles. The predicted octanol–water partition coefficient (Wildman–Crippen LogP) is 11.9. The van der Waals surface area contributed by atoms with Gasteiger partial charge in [0.2, 0.25) is 0 Å². The van der Waals surface area contributed by atoms with Gasteiger partial charge in [0.25, 0.3) is 0 Å². The summed E-state index contributed by atoms with van der Waals surface area (Å²) in [4.78, 5) is 3.73. The molecule has 0 aliphatic rings. The van der Waals surface area contributed by atoms with Gasteiger partial charge in [-0.3, -0.25) is 0 Å². The molecule has 0 aliphatic heterocycles. The summed E-state index contributed by atoms with van der Waals surface area (Å²) < 4.78 is 6.19. The minimum Gasteiger partial charge on any atom is -0.456 e. The van der Waals surface area contributed by atoms with Crippen LogP contribution in [0.5, 0.6) is 0 Å². The van der Waals surface area contributed by atoms with Gasteiger partial charge in [-0.1, -0.05) is 109 Å². The Morgan fingerprint density at radius 3 is 1.77 bits per heavy atom. The van der Waals surface area contributed by atoms with Crippen LogP contribution in [0.2, 0.25) is 0 Å². The molecular formula is C42H27NO. The van der Waals surface area contributed by atoms with E-state index in [0.29, 0.717) is 0 Å². The molecule has 7 aromatic carbocycles. The lowest BCUT2D eigenvalue weighted by atomic mass is 9.93. The number of nitrogens with one attached hydrogen (secondary N) is 1. The van der Waals surface area contributed by atoms with Crippen molar-refractivity contribution in [1.82, 2.24) is 4.98 Å². The molecule has 2 nitrogen and oxygen atoms in total. The highest BCUT2D eigenvalue weighted by Crippen LogP contribution is 2.39. The summed E-state index contributed by atoms with van der Waals surface area (Å²) in [5.74, 6) is 0. The third-order valence-electron chi connectivity index (χ3n) is 8.80. The monoisotopic (exact) mass is 561 g/mol. The molecule has 0 bridgehead atoms. The van der Waals surface area contributed by atoms with E-state index in [9.17, 15) is 0 Å². The quantitative estimate of drug-likeness (QED) is 0.227. The number of H-pyrrole nitrogens is 1. The SMILES string of the molecule is c1ccc(-c2cc(-c3cccc(-c4cccc(-c5ccc6c(c5)oc5ccccc56)c4)c3)c3[nH]c4ccccc4c3c2)cc1. The summed E-state index contributed by atoms with van der Waals surface area (Å²) in [5.41, 5.74) is 13.6. The lowest BCUT2D eigenvalue weighted by Gasteiger charge is -2.11. The molecular weight excluding hydrogens is 534 g/mol. The van der Waals surface area contributed by atoms with E-state index in [4.69, 9.17) is 4.42 Å². The number of fused-ring (bicyclic) bond motifs is 6. The van der Waals surface area contributed by atoms with Gasteiger partial charge < -0.3 is 9.40 Å². The highest BCUT2D eigenvalue weighted by molar-refractivity contribution is 6.13. The molecule has 0 radical (unpaired) electrons. The number of aromatic nitrogens is 1. The summed E-state index contributed by atoms with van der Waals surface area (Å²) in [6.07, 6.45) is 0. The summed E-state index contributed by atoms with van der Waals surface area (Å²) >= 11 is 0. The van der Waals surface area contributed by atoms with Gasteiger partial charge in [0, 0.05) is 32.6 Å². The second-order valence-electron chi connectivity index (χ2n) is 11.5. The van der Waals surface area contributed by atoms with Crippen molar-refractivity contribution in [2.75, 3.05) is 0 Å². The minimum atomic E-state index is 0.914. The molecule has 2 aromatic heterocycles. The third kappa shape index (κ3) is 4.04. The maximum atomic E-state index is 6.19. The van der Waals surface area contributed by atoms with Gasteiger partial charge in [0.05, 0.1) is 5.52 Å². The van der Waals surface area contributed by atoms with E-state index in [0.717, 1.165) is 38.5 Å².